The largest absolute Gasteiger partial charge is 0.481 e. The normalized spacial score (nSPS) is 10.9. The van der Waals surface area contributed by atoms with E-state index in [4.69, 9.17) is 28.3 Å². The van der Waals surface area contributed by atoms with Gasteiger partial charge in [-0.25, -0.2) is 0 Å². The van der Waals surface area contributed by atoms with Crippen molar-refractivity contribution < 1.29 is 14.7 Å². The maximum absolute atomic E-state index is 12.8. The first-order chi connectivity index (χ1) is 11.0. The number of carboxylic acid groups (broad SMARTS) is 1. The highest BCUT2D eigenvalue weighted by Gasteiger charge is 2.22. The van der Waals surface area contributed by atoms with Crippen molar-refractivity contribution in [2.75, 3.05) is 0 Å². The molecule has 2 N–H and O–H groups in total. The van der Waals surface area contributed by atoms with Crippen LogP contribution in [0.5, 0.6) is 0 Å². The van der Waals surface area contributed by atoms with Crippen LogP contribution in [0.15, 0.2) is 42.5 Å². The lowest BCUT2D eigenvalue weighted by atomic mass is 10.0. The van der Waals surface area contributed by atoms with Gasteiger partial charge in [0.15, 0.2) is 0 Å². The van der Waals surface area contributed by atoms with E-state index in [9.17, 15) is 9.59 Å². The molecule has 23 heavy (non-hydrogen) atoms. The molecule has 2 aromatic carbocycles. The fraction of sp³-hybridized carbons (Fsp3) is 0.0588. The number of carboxylic acids is 1. The van der Waals surface area contributed by atoms with Crippen LogP contribution < -0.4 is 0 Å². The zero-order valence-electron chi connectivity index (χ0n) is 11.8. The second kappa shape index (κ2) is 6.07. The molecule has 0 aliphatic heterocycles. The van der Waals surface area contributed by atoms with E-state index < -0.39 is 5.97 Å². The Morgan fingerprint density at radius 3 is 2.52 bits per heavy atom. The third kappa shape index (κ3) is 2.96. The number of hydrogen-bond acceptors (Lipinski definition) is 2. The number of nitrogens with one attached hydrogen (secondary N) is 1. The van der Waals surface area contributed by atoms with Crippen molar-refractivity contribution in [3.63, 3.8) is 0 Å². The van der Waals surface area contributed by atoms with Crippen molar-refractivity contribution >= 4 is 45.9 Å². The molecule has 0 aliphatic rings. The molecular weight excluding hydrogens is 337 g/mol. The van der Waals surface area contributed by atoms with Crippen LogP contribution in [0.25, 0.3) is 10.9 Å². The number of fused-ring (bicyclic) bond motifs is 1. The number of carbonyl (C=O) groups is 2. The average molecular weight is 348 g/mol. The molecule has 0 aliphatic carbocycles. The van der Waals surface area contributed by atoms with Gasteiger partial charge in [0, 0.05) is 27.1 Å². The lowest BCUT2D eigenvalue weighted by Gasteiger charge is -2.04. The number of aromatic nitrogens is 1. The molecule has 0 saturated heterocycles. The van der Waals surface area contributed by atoms with E-state index in [0.29, 0.717) is 32.1 Å². The molecule has 1 heterocycles. The Morgan fingerprint density at radius 2 is 1.83 bits per heavy atom. The lowest BCUT2D eigenvalue weighted by molar-refractivity contribution is -0.136. The molecule has 0 atom stereocenters. The molecule has 0 unspecified atom stereocenters. The highest BCUT2D eigenvalue weighted by atomic mass is 35.5. The second-order valence-electron chi connectivity index (χ2n) is 5.05. The van der Waals surface area contributed by atoms with Crippen LogP contribution in [0.2, 0.25) is 10.0 Å². The van der Waals surface area contributed by atoms with Gasteiger partial charge < -0.3 is 10.1 Å². The van der Waals surface area contributed by atoms with E-state index in [-0.39, 0.29) is 17.9 Å². The zero-order chi connectivity index (χ0) is 16.6. The van der Waals surface area contributed by atoms with Gasteiger partial charge in [0.1, 0.15) is 0 Å². The monoisotopic (exact) mass is 347 g/mol. The number of benzene rings is 2. The van der Waals surface area contributed by atoms with E-state index in [2.05, 4.69) is 4.98 Å². The molecule has 0 saturated carbocycles. The van der Waals surface area contributed by atoms with E-state index in [1.54, 1.807) is 42.5 Å². The van der Waals surface area contributed by atoms with Crippen LogP contribution in [0.4, 0.5) is 0 Å². The number of halogens is 2. The van der Waals surface area contributed by atoms with Gasteiger partial charge in [-0.1, -0.05) is 41.4 Å². The summed E-state index contributed by atoms with van der Waals surface area (Å²) in [5, 5.41) is 10.6. The number of hydrogen-bond donors (Lipinski definition) is 2. The summed E-state index contributed by atoms with van der Waals surface area (Å²) in [5.74, 6) is -1.37. The lowest BCUT2D eigenvalue weighted by Crippen LogP contribution is -2.09. The molecule has 0 radical (unpaired) electrons. The summed E-state index contributed by atoms with van der Waals surface area (Å²) in [4.78, 5) is 26.9. The number of rotatable bonds is 4. The van der Waals surface area contributed by atoms with Crippen molar-refractivity contribution in [1.29, 1.82) is 0 Å². The molecular formula is C17H11Cl2NO3. The van der Waals surface area contributed by atoms with Crippen molar-refractivity contribution in [2.24, 2.45) is 0 Å². The van der Waals surface area contributed by atoms with Crippen LogP contribution in [0.3, 0.4) is 0 Å². The fourth-order valence-electron chi connectivity index (χ4n) is 2.54. The molecule has 0 fully saturated rings. The van der Waals surface area contributed by atoms with Crippen molar-refractivity contribution in [3.05, 3.63) is 69.3 Å². The molecule has 6 heteroatoms. The first kappa shape index (κ1) is 15.6. The Kier molecular flexibility index (Phi) is 4.11. The summed E-state index contributed by atoms with van der Waals surface area (Å²) in [6.45, 7) is 0. The smallest absolute Gasteiger partial charge is 0.307 e. The van der Waals surface area contributed by atoms with E-state index in [1.165, 1.54) is 0 Å². The molecule has 4 nitrogen and oxygen atoms in total. The van der Waals surface area contributed by atoms with Crippen LogP contribution >= 0.6 is 23.2 Å². The van der Waals surface area contributed by atoms with Crippen LogP contribution in [0.1, 0.15) is 21.6 Å². The first-order valence-electron chi connectivity index (χ1n) is 6.78. The minimum atomic E-state index is -1.02. The summed E-state index contributed by atoms with van der Waals surface area (Å²) >= 11 is 12.0. The van der Waals surface area contributed by atoms with Crippen LogP contribution in [-0.2, 0) is 11.2 Å². The van der Waals surface area contributed by atoms with Gasteiger partial charge in [-0.3, -0.25) is 9.59 Å². The second-order valence-corrected chi connectivity index (χ2v) is 5.89. The molecule has 0 amide bonds. The third-order valence-electron chi connectivity index (χ3n) is 3.54. The van der Waals surface area contributed by atoms with E-state index in [1.807, 2.05) is 0 Å². The van der Waals surface area contributed by atoms with Crippen LogP contribution in [-0.4, -0.2) is 21.8 Å². The number of carbonyl (C=O) groups excluding carboxylic acids is 1. The fourth-order valence-corrected chi connectivity index (χ4v) is 2.93. The van der Waals surface area contributed by atoms with Crippen molar-refractivity contribution in [1.82, 2.24) is 4.98 Å². The summed E-state index contributed by atoms with van der Waals surface area (Å²) in [6, 6.07) is 11.7. The molecule has 3 aromatic rings. The molecule has 1 aromatic heterocycles. The quantitative estimate of drug-likeness (QED) is 0.690. The number of H-pyrrole nitrogens is 1. The van der Waals surface area contributed by atoms with Gasteiger partial charge >= 0.3 is 5.97 Å². The molecule has 0 spiro atoms. The summed E-state index contributed by atoms with van der Waals surface area (Å²) in [5.41, 5.74) is 1.58. The number of ketones is 1. The Bertz CT molecular complexity index is 931. The molecule has 116 valence electrons. The van der Waals surface area contributed by atoms with Crippen molar-refractivity contribution in [2.45, 2.75) is 6.42 Å². The van der Waals surface area contributed by atoms with Gasteiger partial charge in [-0.05, 0) is 24.3 Å². The standard InChI is InChI=1S/C17H11Cl2NO3/c18-9-5-6-10-12(8-15(21)22)16(20-14(10)7-9)17(23)11-3-1-2-4-13(11)19/h1-7,20H,8H2,(H,21,22). The Balaban J connectivity index is 2.21. The maximum atomic E-state index is 12.8. The highest BCUT2D eigenvalue weighted by molar-refractivity contribution is 6.35. The topological polar surface area (TPSA) is 70.2 Å². The van der Waals surface area contributed by atoms with E-state index in [0.717, 1.165) is 0 Å². The summed E-state index contributed by atoms with van der Waals surface area (Å²) < 4.78 is 0. The summed E-state index contributed by atoms with van der Waals surface area (Å²) in [7, 11) is 0. The minimum absolute atomic E-state index is 0.220. The predicted octanol–water partition coefficient (Wildman–Crippen LogP) is 4.33. The summed E-state index contributed by atoms with van der Waals surface area (Å²) in [6.07, 6.45) is -0.271. The predicted molar refractivity (Wildman–Crippen MR) is 89.5 cm³/mol. The molecule has 0 bridgehead atoms. The van der Waals surface area contributed by atoms with Crippen molar-refractivity contribution in [3.8, 4) is 0 Å². The van der Waals surface area contributed by atoms with Gasteiger partial charge in [-0.15, -0.1) is 0 Å². The van der Waals surface area contributed by atoms with Gasteiger partial charge in [0.2, 0.25) is 5.78 Å². The first-order valence-corrected chi connectivity index (χ1v) is 7.54. The molecule has 3 rings (SSSR count). The highest BCUT2D eigenvalue weighted by Crippen LogP contribution is 2.29. The maximum Gasteiger partial charge on any atom is 0.307 e. The van der Waals surface area contributed by atoms with Crippen LogP contribution in [0, 0.1) is 0 Å². The number of aliphatic carboxylic acids is 1. The number of aromatic amines is 1. The SMILES string of the molecule is O=C(O)Cc1c(C(=O)c2ccccc2Cl)[nH]c2cc(Cl)ccc12. The van der Waals surface area contributed by atoms with E-state index >= 15 is 0 Å². The van der Waals surface area contributed by atoms with Gasteiger partial charge in [0.25, 0.3) is 0 Å². The average Bonchev–Trinajstić information content (AvgIpc) is 2.84. The third-order valence-corrected chi connectivity index (χ3v) is 4.11. The minimum Gasteiger partial charge on any atom is -0.481 e. The Hall–Kier alpha value is -2.30. The Morgan fingerprint density at radius 1 is 1.09 bits per heavy atom. The van der Waals surface area contributed by atoms with Gasteiger partial charge in [-0.2, -0.15) is 0 Å². The zero-order valence-corrected chi connectivity index (χ0v) is 13.3. The Labute approximate surface area is 141 Å². The van der Waals surface area contributed by atoms with Gasteiger partial charge in [0.05, 0.1) is 17.1 Å².